The molecule has 7 rings (SSSR count). The Kier molecular flexibility index (Phi) is 10.4. The van der Waals surface area contributed by atoms with Crippen molar-refractivity contribution >= 4 is 47.2 Å². The average molecular weight is 717 g/mol. The van der Waals surface area contributed by atoms with Crippen LogP contribution in [0.3, 0.4) is 0 Å². The number of ketones is 1. The van der Waals surface area contributed by atoms with Crippen molar-refractivity contribution in [3.63, 3.8) is 0 Å². The predicted molar refractivity (Wildman–Crippen MR) is 196 cm³/mol. The van der Waals surface area contributed by atoms with Gasteiger partial charge in [0, 0.05) is 70.3 Å². The number of Topliss-reactive ketones (excluding diaryl/α,β-unsaturated/α-hetero) is 1. The van der Waals surface area contributed by atoms with Gasteiger partial charge in [0.2, 0.25) is 11.8 Å². The molecule has 3 heterocycles. The fourth-order valence-electron chi connectivity index (χ4n) is 7.38. The van der Waals surface area contributed by atoms with Crippen LogP contribution in [-0.4, -0.2) is 107 Å². The second kappa shape index (κ2) is 15.4. The Hall–Kier alpha value is -5.79. The van der Waals surface area contributed by atoms with E-state index in [0.717, 1.165) is 48.8 Å². The van der Waals surface area contributed by atoms with Gasteiger partial charge in [-0.3, -0.25) is 53.8 Å². The van der Waals surface area contributed by atoms with Crippen molar-refractivity contribution in [2.24, 2.45) is 4.99 Å². The van der Waals surface area contributed by atoms with Crippen molar-refractivity contribution in [3.8, 4) is 0 Å². The number of piperidine rings is 1. The van der Waals surface area contributed by atoms with E-state index >= 15 is 0 Å². The third-order valence-corrected chi connectivity index (χ3v) is 10.3. The molecule has 1 aliphatic carbocycles. The fourth-order valence-corrected chi connectivity index (χ4v) is 7.38. The maximum absolute atomic E-state index is 13.4. The molecule has 0 bridgehead atoms. The summed E-state index contributed by atoms with van der Waals surface area (Å²) in [5.41, 5.74) is 3.07. The van der Waals surface area contributed by atoms with Crippen molar-refractivity contribution in [3.05, 3.63) is 112 Å². The molecule has 0 aromatic heterocycles. The standard InChI is InChI=1S/C40H40N6O7/c47-33-21-28(26-5-2-1-3-6-26)22-34(48)30(33)23-41-15-16-44-17-19-45(20-18-44)24-25-9-11-27(12-10-25)37(50)42-31-8-4-7-29-36(31)40(53)46(39(29)52)32-13-14-35(49)43-38(32)51/h1-12,23,28,32,47H,13-22,24H2,(H,42,50)(H,43,49,51). The van der Waals surface area contributed by atoms with E-state index in [0.29, 0.717) is 37.1 Å². The summed E-state index contributed by atoms with van der Waals surface area (Å²) in [7, 11) is 0. The number of anilines is 1. The van der Waals surface area contributed by atoms with Crippen LogP contribution < -0.4 is 10.6 Å². The number of carbonyl (C=O) groups is 6. The number of aliphatic imine (C=N–C) groups is 1. The Morgan fingerprint density at radius 3 is 2.32 bits per heavy atom. The van der Waals surface area contributed by atoms with Crippen LogP contribution in [0.1, 0.15) is 73.8 Å². The molecule has 2 atom stereocenters. The number of fused-ring (bicyclic) bond motifs is 1. The number of carbonyl (C=O) groups excluding carboxylic acids is 6. The minimum absolute atomic E-state index is 0.0135. The van der Waals surface area contributed by atoms with E-state index in [4.69, 9.17) is 0 Å². The topological polar surface area (TPSA) is 169 Å². The lowest BCUT2D eigenvalue weighted by Crippen LogP contribution is -2.54. The Labute approximate surface area is 306 Å². The van der Waals surface area contributed by atoms with Gasteiger partial charge < -0.3 is 10.4 Å². The molecule has 0 saturated carbocycles. The molecular formula is C40H40N6O7. The lowest BCUT2D eigenvalue weighted by Gasteiger charge is -2.34. The number of piperazine rings is 1. The van der Waals surface area contributed by atoms with Gasteiger partial charge in [0.15, 0.2) is 5.78 Å². The van der Waals surface area contributed by atoms with Crippen LogP contribution in [0.15, 0.2) is 89.1 Å². The van der Waals surface area contributed by atoms with E-state index in [1.54, 1.807) is 18.2 Å². The molecule has 3 N–H and O–H groups in total. The average Bonchev–Trinajstić information content (AvgIpc) is 3.41. The molecule has 2 fully saturated rings. The zero-order chi connectivity index (χ0) is 37.1. The first kappa shape index (κ1) is 35.6. The molecule has 5 amide bonds. The first-order valence-corrected chi connectivity index (χ1v) is 17.9. The highest BCUT2D eigenvalue weighted by molar-refractivity contribution is 6.26. The summed E-state index contributed by atoms with van der Waals surface area (Å²) in [5, 5.41) is 15.5. The molecular weight excluding hydrogens is 676 g/mol. The summed E-state index contributed by atoms with van der Waals surface area (Å²) < 4.78 is 0. The van der Waals surface area contributed by atoms with Crippen LogP contribution in [0.2, 0.25) is 0 Å². The largest absolute Gasteiger partial charge is 0.511 e. The normalized spacial score (nSPS) is 21.4. The molecule has 272 valence electrons. The van der Waals surface area contributed by atoms with Crippen molar-refractivity contribution in [1.29, 1.82) is 0 Å². The molecule has 3 aromatic rings. The minimum atomic E-state index is -1.10. The number of aliphatic hydroxyl groups excluding tert-OH is 1. The first-order valence-electron chi connectivity index (χ1n) is 17.9. The van der Waals surface area contributed by atoms with Crippen molar-refractivity contribution in [1.82, 2.24) is 20.0 Å². The van der Waals surface area contributed by atoms with Gasteiger partial charge in [-0.05, 0) is 47.7 Å². The van der Waals surface area contributed by atoms with E-state index in [1.807, 2.05) is 42.5 Å². The maximum atomic E-state index is 13.4. The summed E-state index contributed by atoms with van der Waals surface area (Å²) >= 11 is 0. The molecule has 3 aliphatic heterocycles. The minimum Gasteiger partial charge on any atom is -0.511 e. The summed E-state index contributed by atoms with van der Waals surface area (Å²) in [4.78, 5) is 86.5. The number of nitrogens with one attached hydrogen (secondary N) is 2. The number of hydrogen-bond donors (Lipinski definition) is 3. The second-order valence-corrected chi connectivity index (χ2v) is 13.8. The van der Waals surface area contributed by atoms with Gasteiger partial charge in [0.05, 0.1) is 28.9 Å². The quantitative estimate of drug-likeness (QED) is 0.210. The predicted octanol–water partition coefficient (Wildman–Crippen LogP) is 3.49. The lowest BCUT2D eigenvalue weighted by molar-refractivity contribution is -0.136. The van der Waals surface area contributed by atoms with Crippen LogP contribution in [-0.2, 0) is 20.9 Å². The highest BCUT2D eigenvalue weighted by atomic mass is 16.3. The molecule has 2 unspecified atom stereocenters. The molecule has 0 spiro atoms. The SMILES string of the molecule is O=C1CCC(N2C(=O)c3cccc(NC(=O)c4ccc(CN5CCN(CCN=CC6=C(O)CC(c7ccccc7)CC6=O)CC5)cc4)c3C2=O)C(=O)N1. The number of amides is 5. The molecule has 0 radical (unpaired) electrons. The number of nitrogens with zero attached hydrogens (tertiary/aromatic N) is 4. The fraction of sp³-hybridized carbons (Fsp3) is 0.325. The number of benzene rings is 3. The third kappa shape index (κ3) is 7.71. The van der Waals surface area contributed by atoms with E-state index in [2.05, 4.69) is 25.4 Å². The van der Waals surface area contributed by atoms with Crippen LogP contribution >= 0.6 is 0 Å². The number of allylic oxidation sites excluding steroid dienone is 2. The zero-order valence-electron chi connectivity index (χ0n) is 29.1. The number of hydrogen-bond acceptors (Lipinski definition) is 10. The molecule has 13 heteroatoms. The monoisotopic (exact) mass is 716 g/mol. The summed E-state index contributed by atoms with van der Waals surface area (Å²) in [5.74, 6) is -2.92. The van der Waals surface area contributed by atoms with Crippen LogP contribution in [0.5, 0.6) is 0 Å². The molecule has 53 heavy (non-hydrogen) atoms. The van der Waals surface area contributed by atoms with Gasteiger partial charge in [-0.2, -0.15) is 0 Å². The summed E-state index contributed by atoms with van der Waals surface area (Å²) in [6, 6.07) is 20.5. The van der Waals surface area contributed by atoms with Crippen LogP contribution in [0.4, 0.5) is 5.69 Å². The van der Waals surface area contributed by atoms with Gasteiger partial charge in [0.25, 0.3) is 17.7 Å². The summed E-state index contributed by atoms with van der Waals surface area (Å²) in [6.45, 7) is 5.45. The number of aliphatic hydroxyl groups is 1. The van der Waals surface area contributed by atoms with Gasteiger partial charge in [-0.25, -0.2) is 0 Å². The van der Waals surface area contributed by atoms with Crippen molar-refractivity contribution in [2.75, 3.05) is 44.6 Å². The van der Waals surface area contributed by atoms with Gasteiger partial charge in [-0.15, -0.1) is 0 Å². The van der Waals surface area contributed by atoms with Gasteiger partial charge >= 0.3 is 0 Å². The van der Waals surface area contributed by atoms with E-state index in [1.165, 1.54) is 18.3 Å². The molecule has 2 saturated heterocycles. The summed E-state index contributed by atoms with van der Waals surface area (Å²) in [6.07, 6.45) is 2.39. The second-order valence-electron chi connectivity index (χ2n) is 13.8. The zero-order valence-corrected chi connectivity index (χ0v) is 29.1. The highest BCUT2D eigenvalue weighted by Crippen LogP contribution is 2.34. The third-order valence-electron chi connectivity index (χ3n) is 10.3. The first-order chi connectivity index (χ1) is 25.7. The molecule has 13 nitrogen and oxygen atoms in total. The Bertz CT molecular complexity index is 2020. The van der Waals surface area contributed by atoms with Gasteiger partial charge in [-0.1, -0.05) is 48.5 Å². The number of rotatable bonds is 10. The van der Waals surface area contributed by atoms with E-state index in [9.17, 15) is 33.9 Å². The van der Waals surface area contributed by atoms with Crippen molar-refractivity contribution in [2.45, 2.75) is 44.2 Å². The van der Waals surface area contributed by atoms with E-state index < -0.39 is 35.6 Å². The Balaban J connectivity index is 0.872. The van der Waals surface area contributed by atoms with Crippen LogP contribution in [0.25, 0.3) is 0 Å². The molecule has 4 aliphatic rings. The highest BCUT2D eigenvalue weighted by Gasteiger charge is 2.45. The van der Waals surface area contributed by atoms with Crippen LogP contribution in [0, 0.1) is 0 Å². The lowest BCUT2D eigenvalue weighted by atomic mass is 9.83. The van der Waals surface area contributed by atoms with Gasteiger partial charge in [0.1, 0.15) is 11.8 Å². The van der Waals surface area contributed by atoms with Crippen molar-refractivity contribution < 1.29 is 33.9 Å². The Morgan fingerprint density at radius 2 is 1.60 bits per heavy atom. The Morgan fingerprint density at radius 1 is 0.868 bits per heavy atom. The smallest absolute Gasteiger partial charge is 0.264 e. The number of imide groups is 2. The molecule has 3 aromatic carbocycles. The van der Waals surface area contributed by atoms with E-state index in [-0.39, 0.29) is 47.1 Å². The maximum Gasteiger partial charge on any atom is 0.264 e.